The molecule has 1 rings (SSSR count). The van der Waals surface area contributed by atoms with Crippen molar-refractivity contribution in [1.29, 1.82) is 0 Å². The summed E-state index contributed by atoms with van der Waals surface area (Å²) in [5, 5.41) is 11.9. The normalized spacial score (nSPS) is 12.2. The first-order valence-corrected chi connectivity index (χ1v) is 7.93. The first-order chi connectivity index (χ1) is 8.56. The Bertz CT molecular complexity index is 386. The molecule has 18 heavy (non-hydrogen) atoms. The molecule has 0 spiro atoms. The molecule has 0 aliphatic rings. The number of thioether (sulfide) groups is 1. The van der Waals surface area contributed by atoms with Crippen molar-refractivity contribution >= 4 is 33.6 Å². The number of amides is 1. The lowest BCUT2D eigenvalue weighted by Gasteiger charge is -2.17. The topological polar surface area (TPSA) is 49.3 Å². The predicted octanol–water partition coefficient (Wildman–Crippen LogP) is 2.60. The number of carbonyl (C=O) groups excluding carboxylic acids is 1. The smallest absolute Gasteiger partial charge is 0.251 e. The van der Waals surface area contributed by atoms with Crippen molar-refractivity contribution in [3.63, 3.8) is 0 Å². The van der Waals surface area contributed by atoms with E-state index in [1.807, 2.05) is 25.3 Å². The summed E-state index contributed by atoms with van der Waals surface area (Å²) >= 11 is 5.04. The lowest BCUT2D eigenvalue weighted by atomic mass is 10.1. The minimum Gasteiger partial charge on any atom is -0.396 e. The summed E-state index contributed by atoms with van der Waals surface area (Å²) in [7, 11) is 0. The highest BCUT2D eigenvalue weighted by molar-refractivity contribution is 9.10. The van der Waals surface area contributed by atoms with E-state index in [0.717, 1.165) is 15.8 Å². The van der Waals surface area contributed by atoms with Gasteiger partial charge in [0.2, 0.25) is 0 Å². The first kappa shape index (κ1) is 15.5. The maximum Gasteiger partial charge on any atom is 0.251 e. The highest BCUT2D eigenvalue weighted by Gasteiger charge is 2.13. The molecule has 0 aliphatic carbocycles. The monoisotopic (exact) mass is 331 g/mol. The average molecular weight is 332 g/mol. The number of aliphatic hydroxyl groups is 1. The Morgan fingerprint density at radius 2 is 2.22 bits per heavy atom. The molecule has 100 valence electrons. The lowest BCUT2D eigenvalue weighted by molar-refractivity contribution is 0.0935. The first-order valence-electron chi connectivity index (χ1n) is 5.74. The minimum atomic E-state index is -0.0908. The Hall–Kier alpha value is -0.520. The molecule has 5 heteroatoms. The van der Waals surface area contributed by atoms with Gasteiger partial charge in [-0.15, -0.1) is 0 Å². The van der Waals surface area contributed by atoms with Gasteiger partial charge in [-0.1, -0.05) is 15.9 Å². The predicted molar refractivity (Wildman–Crippen MR) is 80.2 cm³/mol. The number of aliphatic hydroxyl groups excluding tert-OH is 1. The molecule has 0 saturated heterocycles. The van der Waals surface area contributed by atoms with E-state index in [9.17, 15) is 4.79 Å². The zero-order valence-electron chi connectivity index (χ0n) is 10.6. The summed E-state index contributed by atoms with van der Waals surface area (Å²) in [6, 6.07) is 5.63. The van der Waals surface area contributed by atoms with Crippen LogP contribution in [0.15, 0.2) is 22.7 Å². The summed E-state index contributed by atoms with van der Waals surface area (Å²) in [5.74, 6) is 0.714. The van der Waals surface area contributed by atoms with Gasteiger partial charge in [0.1, 0.15) is 0 Å². The molecular weight excluding hydrogens is 314 g/mol. The molecule has 0 unspecified atom stereocenters. The van der Waals surface area contributed by atoms with Crippen LogP contribution in [0.3, 0.4) is 0 Å². The van der Waals surface area contributed by atoms with Crippen LogP contribution in [0.1, 0.15) is 22.3 Å². The van der Waals surface area contributed by atoms with Crippen molar-refractivity contribution < 1.29 is 9.90 Å². The Morgan fingerprint density at radius 3 is 2.78 bits per heavy atom. The molecule has 2 N–H and O–H groups in total. The van der Waals surface area contributed by atoms with Gasteiger partial charge in [0, 0.05) is 28.4 Å². The SMILES string of the molecule is CSC[C@@H](CCO)NC(=O)c1cc(C)cc(Br)c1. The van der Waals surface area contributed by atoms with Crippen molar-refractivity contribution in [2.24, 2.45) is 0 Å². The number of aryl methyl sites for hydroxylation is 1. The zero-order chi connectivity index (χ0) is 13.5. The lowest BCUT2D eigenvalue weighted by Crippen LogP contribution is -2.37. The van der Waals surface area contributed by atoms with Gasteiger partial charge in [-0.25, -0.2) is 0 Å². The standard InChI is InChI=1S/C13H18BrNO2S/c1-9-5-10(7-11(14)6-9)13(17)15-12(3-4-16)8-18-2/h5-7,12,16H,3-4,8H2,1-2H3,(H,15,17)/t12-/m1/s1. The second kappa shape index (κ2) is 7.81. The van der Waals surface area contributed by atoms with Crippen LogP contribution < -0.4 is 5.32 Å². The molecular formula is C13H18BrNO2S. The van der Waals surface area contributed by atoms with Gasteiger partial charge in [0.05, 0.1) is 0 Å². The van der Waals surface area contributed by atoms with Gasteiger partial charge in [0.15, 0.2) is 0 Å². The number of rotatable bonds is 6. The Morgan fingerprint density at radius 1 is 1.50 bits per heavy atom. The second-order valence-electron chi connectivity index (χ2n) is 4.16. The molecule has 0 fully saturated rings. The van der Waals surface area contributed by atoms with Crippen LogP contribution in [0, 0.1) is 6.92 Å². The van der Waals surface area contributed by atoms with E-state index in [1.54, 1.807) is 17.8 Å². The van der Waals surface area contributed by atoms with Gasteiger partial charge >= 0.3 is 0 Å². The van der Waals surface area contributed by atoms with Gasteiger partial charge < -0.3 is 10.4 Å². The molecule has 1 aromatic rings. The third kappa shape index (κ3) is 5.00. The Kier molecular flexibility index (Phi) is 6.75. The molecule has 0 saturated carbocycles. The summed E-state index contributed by atoms with van der Waals surface area (Å²) in [4.78, 5) is 12.1. The van der Waals surface area contributed by atoms with E-state index in [2.05, 4.69) is 21.2 Å². The maximum absolute atomic E-state index is 12.1. The summed E-state index contributed by atoms with van der Waals surface area (Å²) < 4.78 is 0.899. The summed E-state index contributed by atoms with van der Waals surface area (Å²) in [5.41, 5.74) is 1.68. The number of carbonyl (C=O) groups is 1. The molecule has 0 aromatic heterocycles. The summed E-state index contributed by atoms with van der Waals surface area (Å²) in [6.07, 6.45) is 2.57. The van der Waals surface area contributed by atoms with Crippen LogP contribution in [-0.2, 0) is 0 Å². The van der Waals surface area contributed by atoms with Crippen molar-refractivity contribution in [2.75, 3.05) is 18.6 Å². The van der Waals surface area contributed by atoms with E-state index >= 15 is 0 Å². The van der Waals surface area contributed by atoms with Crippen LogP contribution in [0.2, 0.25) is 0 Å². The Balaban J connectivity index is 2.73. The molecule has 0 bridgehead atoms. The van der Waals surface area contributed by atoms with Gasteiger partial charge in [-0.2, -0.15) is 11.8 Å². The van der Waals surface area contributed by atoms with Crippen molar-refractivity contribution in [2.45, 2.75) is 19.4 Å². The zero-order valence-corrected chi connectivity index (χ0v) is 13.0. The van der Waals surface area contributed by atoms with E-state index in [-0.39, 0.29) is 18.6 Å². The molecule has 0 radical (unpaired) electrons. The number of nitrogens with one attached hydrogen (secondary N) is 1. The van der Waals surface area contributed by atoms with E-state index in [4.69, 9.17) is 5.11 Å². The highest BCUT2D eigenvalue weighted by Crippen LogP contribution is 2.15. The van der Waals surface area contributed by atoms with E-state index < -0.39 is 0 Å². The van der Waals surface area contributed by atoms with Crippen LogP contribution in [0.4, 0.5) is 0 Å². The van der Waals surface area contributed by atoms with Crippen LogP contribution in [0.25, 0.3) is 0 Å². The third-order valence-electron chi connectivity index (χ3n) is 2.48. The number of halogens is 1. The van der Waals surface area contributed by atoms with Crippen LogP contribution >= 0.6 is 27.7 Å². The quantitative estimate of drug-likeness (QED) is 0.842. The van der Waals surface area contributed by atoms with Crippen molar-refractivity contribution in [3.8, 4) is 0 Å². The largest absolute Gasteiger partial charge is 0.396 e. The third-order valence-corrected chi connectivity index (χ3v) is 3.68. The molecule has 3 nitrogen and oxygen atoms in total. The Labute approximate surface area is 120 Å². The van der Waals surface area contributed by atoms with E-state index in [0.29, 0.717) is 12.0 Å². The second-order valence-corrected chi connectivity index (χ2v) is 5.98. The molecule has 0 heterocycles. The fraction of sp³-hybridized carbons (Fsp3) is 0.462. The van der Waals surface area contributed by atoms with Gasteiger partial charge in [-0.3, -0.25) is 4.79 Å². The van der Waals surface area contributed by atoms with Crippen molar-refractivity contribution in [3.05, 3.63) is 33.8 Å². The molecule has 1 atom stereocenters. The average Bonchev–Trinajstić information content (AvgIpc) is 2.28. The number of hydrogen-bond acceptors (Lipinski definition) is 3. The molecule has 0 aliphatic heterocycles. The molecule has 1 amide bonds. The fourth-order valence-corrected chi connectivity index (χ4v) is 2.95. The highest BCUT2D eigenvalue weighted by atomic mass is 79.9. The van der Waals surface area contributed by atoms with Crippen molar-refractivity contribution in [1.82, 2.24) is 5.32 Å². The summed E-state index contributed by atoms with van der Waals surface area (Å²) in [6.45, 7) is 2.04. The number of hydrogen-bond donors (Lipinski definition) is 2. The van der Waals surface area contributed by atoms with Crippen LogP contribution in [0.5, 0.6) is 0 Å². The maximum atomic E-state index is 12.1. The van der Waals surface area contributed by atoms with E-state index in [1.165, 1.54) is 0 Å². The minimum absolute atomic E-state index is 0.0109. The van der Waals surface area contributed by atoms with Gasteiger partial charge in [-0.05, 0) is 43.4 Å². The number of benzene rings is 1. The fourth-order valence-electron chi connectivity index (χ4n) is 1.69. The molecule has 1 aromatic carbocycles. The van der Waals surface area contributed by atoms with Crippen LogP contribution in [-0.4, -0.2) is 35.7 Å². The van der Waals surface area contributed by atoms with Gasteiger partial charge in [0.25, 0.3) is 5.91 Å².